The molecule has 2 aliphatic rings. The van der Waals surface area contributed by atoms with E-state index in [1.807, 2.05) is 0 Å². The zero-order chi connectivity index (χ0) is 10.7. The van der Waals surface area contributed by atoms with Gasteiger partial charge in [-0.25, -0.2) is 4.79 Å². The predicted molar refractivity (Wildman–Crippen MR) is 59.4 cm³/mol. The minimum Gasteiger partial charge on any atom is -0.466 e. The highest BCUT2D eigenvalue weighted by molar-refractivity contribution is 5.82. The Morgan fingerprint density at radius 2 is 1.67 bits per heavy atom. The zero-order valence-corrected chi connectivity index (χ0v) is 9.50. The molecule has 0 amide bonds. The van der Waals surface area contributed by atoms with Gasteiger partial charge in [0.1, 0.15) is 0 Å². The van der Waals surface area contributed by atoms with E-state index in [4.69, 9.17) is 4.74 Å². The monoisotopic (exact) mass is 208 g/mol. The van der Waals surface area contributed by atoms with Crippen molar-refractivity contribution in [3.8, 4) is 0 Å². The molecule has 0 aromatic rings. The van der Waals surface area contributed by atoms with E-state index in [-0.39, 0.29) is 5.97 Å². The molecular formula is C13H20O2. The van der Waals surface area contributed by atoms with Gasteiger partial charge in [0, 0.05) is 6.08 Å². The maximum absolute atomic E-state index is 11.3. The minimum atomic E-state index is -0.164. The van der Waals surface area contributed by atoms with Crippen LogP contribution in [0.5, 0.6) is 0 Å². The second-order valence-electron chi connectivity index (χ2n) is 4.78. The number of esters is 1. The summed E-state index contributed by atoms with van der Waals surface area (Å²) >= 11 is 0. The molecule has 2 saturated carbocycles. The van der Waals surface area contributed by atoms with Crippen LogP contribution in [0.1, 0.15) is 44.9 Å². The number of methoxy groups -OCH3 is 1. The van der Waals surface area contributed by atoms with E-state index in [1.165, 1.54) is 57.6 Å². The van der Waals surface area contributed by atoms with Crippen LogP contribution in [-0.4, -0.2) is 13.1 Å². The first-order chi connectivity index (χ1) is 7.31. The Hall–Kier alpha value is -0.790. The van der Waals surface area contributed by atoms with E-state index in [0.717, 1.165) is 0 Å². The van der Waals surface area contributed by atoms with Gasteiger partial charge in [0.05, 0.1) is 7.11 Å². The summed E-state index contributed by atoms with van der Waals surface area (Å²) in [5.74, 6) is 1.21. The lowest BCUT2D eigenvalue weighted by atomic mass is 9.81. The molecule has 2 nitrogen and oxygen atoms in total. The molecule has 0 aromatic heterocycles. The van der Waals surface area contributed by atoms with Crippen LogP contribution in [-0.2, 0) is 9.53 Å². The Balaban J connectivity index is 2.04. The molecular weight excluding hydrogens is 188 g/mol. The first-order valence-electron chi connectivity index (χ1n) is 6.10. The van der Waals surface area contributed by atoms with Crippen LogP contribution in [0.15, 0.2) is 11.6 Å². The summed E-state index contributed by atoms with van der Waals surface area (Å²) < 4.78 is 4.73. The van der Waals surface area contributed by atoms with Crippen molar-refractivity contribution in [3.63, 3.8) is 0 Å². The van der Waals surface area contributed by atoms with E-state index in [1.54, 1.807) is 6.08 Å². The van der Waals surface area contributed by atoms with Gasteiger partial charge in [-0.1, -0.05) is 24.8 Å². The largest absolute Gasteiger partial charge is 0.466 e. The summed E-state index contributed by atoms with van der Waals surface area (Å²) in [6.07, 6.45) is 10.9. The lowest BCUT2D eigenvalue weighted by molar-refractivity contribution is -0.134. The van der Waals surface area contributed by atoms with E-state index < -0.39 is 0 Å². The van der Waals surface area contributed by atoms with Crippen LogP contribution in [0.3, 0.4) is 0 Å². The summed E-state index contributed by atoms with van der Waals surface area (Å²) in [5.41, 5.74) is 1.39. The van der Waals surface area contributed by atoms with Crippen molar-refractivity contribution in [2.24, 2.45) is 11.8 Å². The number of carbonyl (C=O) groups is 1. The summed E-state index contributed by atoms with van der Waals surface area (Å²) in [6, 6.07) is 0. The molecule has 2 aliphatic carbocycles. The molecule has 2 fully saturated rings. The highest BCUT2D eigenvalue weighted by Crippen LogP contribution is 2.44. The maximum atomic E-state index is 11.3. The Bertz CT molecular complexity index is 258. The van der Waals surface area contributed by atoms with Gasteiger partial charge in [-0.05, 0) is 37.5 Å². The highest BCUT2D eigenvalue weighted by atomic mass is 16.5. The standard InChI is InChI=1S/C13H20O2/c1-15-13(14)9-12(11-7-8-11)10-5-3-2-4-6-10/h9-11H,2-8H2,1H3/b12-9+. The molecule has 84 valence electrons. The first-order valence-corrected chi connectivity index (χ1v) is 6.10. The number of carbonyl (C=O) groups excluding carboxylic acids is 1. The molecule has 15 heavy (non-hydrogen) atoms. The van der Waals surface area contributed by atoms with Gasteiger partial charge in [0.25, 0.3) is 0 Å². The smallest absolute Gasteiger partial charge is 0.330 e. The summed E-state index contributed by atoms with van der Waals surface area (Å²) in [7, 11) is 1.46. The second-order valence-corrected chi connectivity index (χ2v) is 4.78. The Morgan fingerprint density at radius 1 is 1.07 bits per heavy atom. The van der Waals surface area contributed by atoms with Crippen LogP contribution < -0.4 is 0 Å². The van der Waals surface area contributed by atoms with Crippen LogP contribution in [0, 0.1) is 11.8 Å². The van der Waals surface area contributed by atoms with Gasteiger partial charge in [0.2, 0.25) is 0 Å². The predicted octanol–water partition coefficient (Wildman–Crippen LogP) is 3.08. The average Bonchev–Trinajstić information content (AvgIpc) is 3.10. The van der Waals surface area contributed by atoms with Crippen LogP contribution in [0.4, 0.5) is 0 Å². The molecule has 2 heteroatoms. The summed E-state index contributed by atoms with van der Waals surface area (Å²) in [4.78, 5) is 11.3. The molecule has 0 bridgehead atoms. The van der Waals surface area contributed by atoms with Crippen LogP contribution in [0.25, 0.3) is 0 Å². The molecule has 0 heterocycles. The zero-order valence-electron chi connectivity index (χ0n) is 9.50. The third-order valence-corrected chi connectivity index (χ3v) is 3.61. The third-order valence-electron chi connectivity index (χ3n) is 3.61. The van der Waals surface area contributed by atoms with Gasteiger partial charge in [0.15, 0.2) is 0 Å². The minimum absolute atomic E-state index is 0.164. The first kappa shape index (κ1) is 10.7. The fraction of sp³-hybridized carbons (Fsp3) is 0.769. The van der Waals surface area contributed by atoms with Crippen LogP contribution >= 0.6 is 0 Å². The van der Waals surface area contributed by atoms with Gasteiger partial charge in [-0.3, -0.25) is 0 Å². The molecule has 0 aliphatic heterocycles. The van der Waals surface area contributed by atoms with Crippen molar-refractivity contribution in [1.29, 1.82) is 0 Å². The van der Waals surface area contributed by atoms with Gasteiger partial charge in [-0.15, -0.1) is 0 Å². The Kier molecular flexibility index (Phi) is 3.45. The number of ether oxygens (including phenoxy) is 1. The highest BCUT2D eigenvalue weighted by Gasteiger charge is 2.32. The van der Waals surface area contributed by atoms with Crippen molar-refractivity contribution >= 4 is 5.97 Å². The van der Waals surface area contributed by atoms with Crippen LogP contribution in [0.2, 0.25) is 0 Å². The molecule has 0 N–H and O–H groups in total. The Labute approximate surface area is 91.7 Å². The molecule has 0 saturated heterocycles. The second kappa shape index (κ2) is 4.82. The molecule has 0 radical (unpaired) electrons. The molecule has 2 rings (SSSR count). The number of rotatable bonds is 3. The normalized spacial score (nSPS) is 23.9. The molecule has 0 aromatic carbocycles. The molecule has 0 atom stereocenters. The topological polar surface area (TPSA) is 26.3 Å². The fourth-order valence-electron chi connectivity index (χ4n) is 2.62. The molecule has 0 unspecified atom stereocenters. The lowest BCUT2D eigenvalue weighted by Gasteiger charge is -2.24. The number of hydrogen-bond donors (Lipinski definition) is 0. The SMILES string of the molecule is COC(=O)/C=C(\C1CCCCC1)C1CC1. The van der Waals surface area contributed by atoms with Gasteiger partial charge in [-0.2, -0.15) is 0 Å². The number of hydrogen-bond acceptors (Lipinski definition) is 2. The average molecular weight is 208 g/mol. The third kappa shape index (κ3) is 2.83. The Morgan fingerprint density at radius 3 is 2.20 bits per heavy atom. The number of allylic oxidation sites excluding steroid dienone is 1. The molecule has 0 spiro atoms. The summed E-state index contributed by atoms with van der Waals surface area (Å²) in [5, 5.41) is 0. The van der Waals surface area contributed by atoms with Crippen molar-refractivity contribution < 1.29 is 9.53 Å². The van der Waals surface area contributed by atoms with E-state index in [9.17, 15) is 4.79 Å². The lowest BCUT2D eigenvalue weighted by Crippen LogP contribution is -2.12. The quantitative estimate of drug-likeness (QED) is 0.526. The van der Waals surface area contributed by atoms with Gasteiger partial charge >= 0.3 is 5.97 Å². The van der Waals surface area contributed by atoms with Crippen molar-refractivity contribution in [2.75, 3.05) is 7.11 Å². The fourth-order valence-corrected chi connectivity index (χ4v) is 2.62. The van der Waals surface area contributed by atoms with Crippen molar-refractivity contribution in [3.05, 3.63) is 11.6 Å². The summed E-state index contributed by atoms with van der Waals surface area (Å²) in [6.45, 7) is 0. The van der Waals surface area contributed by atoms with Crippen molar-refractivity contribution in [1.82, 2.24) is 0 Å². The van der Waals surface area contributed by atoms with E-state index in [0.29, 0.717) is 11.8 Å². The van der Waals surface area contributed by atoms with Gasteiger partial charge < -0.3 is 4.74 Å². The van der Waals surface area contributed by atoms with E-state index >= 15 is 0 Å². The maximum Gasteiger partial charge on any atom is 0.330 e. The van der Waals surface area contributed by atoms with Crippen molar-refractivity contribution in [2.45, 2.75) is 44.9 Å². The van der Waals surface area contributed by atoms with E-state index in [2.05, 4.69) is 0 Å².